The molecule has 1 heteroatoms. The van der Waals surface area contributed by atoms with Crippen LogP contribution in [0.3, 0.4) is 0 Å². The Labute approximate surface area is 126 Å². The molecule has 0 radical (unpaired) electrons. The molecule has 114 valence electrons. The van der Waals surface area contributed by atoms with E-state index in [4.69, 9.17) is 0 Å². The summed E-state index contributed by atoms with van der Waals surface area (Å²) >= 11 is 0. The molecule has 1 nitrogen and oxygen atoms in total. The first-order valence-corrected chi connectivity index (χ1v) is 7.73. The van der Waals surface area contributed by atoms with Gasteiger partial charge in [-0.05, 0) is 65.3 Å². The van der Waals surface area contributed by atoms with Crippen LogP contribution in [0.15, 0.2) is 39.9 Å². The third-order valence-corrected chi connectivity index (χ3v) is 5.29. The summed E-state index contributed by atoms with van der Waals surface area (Å²) in [5.74, 6) is 0. The highest BCUT2D eigenvalue weighted by Gasteiger charge is 2.44. The normalized spacial score (nSPS) is 20.3. The lowest BCUT2D eigenvalue weighted by Gasteiger charge is -2.45. The lowest BCUT2D eigenvalue weighted by molar-refractivity contribution is 0.198. The molecule has 0 aromatic carbocycles. The Morgan fingerprint density at radius 3 is 1.95 bits per heavy atom. The molecule has 0 saturated heterocycles. The fourth-order valence-electron chi connectivity index (χ4n) is 2.86. The predicted octanol–water partition coefficient (Wildman–Crippen LogP) is 6.13. The maximum Gasteiger partial charge on any atom is 0.0663 e. The first-order chi connectivity index (χ1) is 9.27. The van der Waals surface area contributed by atoms with E-state index in [-0.39, 0.29) is 11.0 Å². The molecule has 0 amide bonds. The van der Waals surface area contributed by atoms with Gasteiger partial charge in [-0.2, -0.15) is 0 Å². The van der Waals surface area contributed by atoms with Gasteiger partial charge >= 0.3 is 0 Å². The van der Waals surface area contributed by atoms with Crippen LogP contribution in [0.2, 0.25) is 0 Å². The van der Waals surface area contributed by atoms with Gasteiger partial charge in [-0.3, -0.25) is 4.99 Å². The van der Waals surface area contributed by atoms with Crippen LogP contribution in [0.5, 0.6) is 0 Å². The standard InChI is InChI=1S/C19H33N/c1-10-14-17(16(6)15(5)11-2)18(7,12-3)19(8,13-4)20-9/h10-11,14H,9,12-13H2,1-8H3/b14-10-,15-11+,17-16+. The third-order valence-electron chi connectivity index (χ3n) is 5.29. The van der Waals surface area contributed by atoms with Crippen molar-refractivity contribution >= 4 is 6.72 Å². The summed E-state index contributed by atoms with van der Waals surface area (Å²) in [5.41, 5.74) is 3.92. The predicted molar refractivity (Wildman–Crippen MR) is 93.6 cm³/mol. The molecule has 0 heterocycles. The molecule has 2 unspecified atom stereocenters. The average molecular weight is 275 g/mol. The Kier molecular flexibility index (Phi) is 7.19. The zero-order valence-corrected chi connectivity index (χ0v) is 14.8. The van der Waals surface area contributed by atoms with E-state index >= 15 is 0 Å². The lowest BCUT2D eigenvalue weighted by Crippen LogP contribution is -2.43. The third kappa shape index (κ3) is 3.31. The summed E-state index contributed by atoms with van der Waals surface area (Å²) in [7, 11) is 0. The SMILES string of the molecule is C=NC(C)(CC)C(C)(CC)C(/C=C\C)=C(C)/C(C)=C/C. The van der Waals surface area contributed by atoms with Gasteiger partial charge in [-0.15, -0.1) is 0 Å². The van der Waals surface area contributed by atoms with Crippen LogP contribution in [-0.4, -0.2) is 12.3 Å². The van der Waals surface area contributed by atoms with Crippen molar-refractivity contribution in [3.63, 3.8) is 0 Å². The lowest BCUT2D eigenvalue weighted by atomic mass is 9.62. The van der Waals surface area contributed by atoms with E-state index < -0.39 is 0 Å². The van der Waals surface area contributed by atoms with E-state index in [9.17, 15) is 0 Å². The zero-order chi connectivity index (χ0) is 16.0. The maximum absolute atomic E-state index is 4.51. The van der Waals surface area contributed by atoms with Crippen LogP contribution in [0.25, 0.3) is 0 Å². The minimum atomic E-state index is -0.147. The molecule has 0 spiro atoms. The first kappa shape index (κ1) is 18.9. The van der Waals surface area contributed by atoms with E-state index in [0.717, 1.165) is 12.8 Å². The fraction of sp³-hybridized carbons (Fsp3) is 0.632. The Morgan fingerprint density at radius 2 is 1.65 bits per heavy atom. The molecule has 0 aromatic rings. The molecule has 0 fully saturated rings. The van der Waals surface area contributed by atoms with Crippen LogP contribution in [0.1, 0.15) is 68.2 Å². The largest absolute Gasteiger partial charge is 0.294 e. The Balaban J connectivity index is 6.34. The van der Waals surface area contributed by atoms with Crippen LogP contribution in [0, 0.1) is 5.41 Å². The molecule has 0 saturated carbocycles. The van der Waals surface area contributed by atoms with Crippen LogP contribution in [-0.2, 0) is 0 Å². The fourth-order valence-corrected chi connectivity index (χ4v) is 2.86. The second-order valence-corrected chi connectivity index (χ2v) is 5.98. The van der Waals surface area contributed by atoms with E-state index in [1.807, 2.05) is 0 Å². The molecular weight excluding hydrogens is 242 g/mol. The van der Waals surface area contributed by atoms with Crippen LogP contribution in [0.4, 0.5) is 0 Å². The molecule has 20 heavy (non-hydrogen) atoms. The monoisotopic (exact) mass is 275 g/mol. The number of hydrogen-bond donors (Lipinski definition) is 0. The van der Waals surface area contributed by atoms with Crippen LogP contribution < -0.4 is 0 Å². The van der Waals surface area contributed by atoms with Gasteiger partial charge in [0.25, 0.3) is 0 Å². The minimum Gasteiger partial charge on any atom is -0.294 e. The molecule has 0 N–H and O–H groups in total. The summed E-state index contributed by atoms with van der Waals surface area (Å²) in [6.07, 6.45) is 8.60. The van der Waals surface area contributed by atoms with Crippen molar-refractivity contribution in [1.82, 2.24) is 0 Å². The van der Waals surface area contributed by atoms with Crippen molar-refractivity contribution in [3.05, 3.63) is 34.9 Å². The zero-order valence-electron chi connectivity index (χ0n) is 14.8. The summed E-state index contributed by atoms with van der Waals surface area (Å²) < 4.78 is 0. The minimum absolute atomic E-state index is 0.00956. The van der Waals surface area contributed by atoms with E-state index in [1.54, 1.807) is 0 Å². The summed E-state index contributed by atoms with van der Waals surface area (Å²) in [4.78, 5) is 4.51. The van der Waals surface area contributed by atoms with Crippen molar-refractivity contribution in [2.45, 2.75) is 73.8 Å². The van der Waals surface area contributed by atoms with E-state index in [1.165, 1.54) is 16.7 Å². The van der Waals surface area contributed by atoms with Gasteiger partial charge < -0.3 is 0 Å². The van der Waals surface area contributed by atoms with Crippen molar-refractivity contribution in [2.24, 2.45) is 10.4 Å². The second-order valence-electron chi connectivity index (χ2n) is 5.98. The van der Waals surface area contributed by atoms with Crippen molar-refractivity contribution in [1.29, 1.82) is 0 Å². The smallest absolute Gasteiger partial charge is 0.0663 e. The number of nitrogens with zero attached hydrogens (tertiary/aromatic N) is 1. The molecule has 2 atom stereocenters. The van der Waals surface area contributed by atoms with Crippen LogP contribution >= 0.6 is 0 Å². The number of rotatable bonds is 7. The van der Waals surface area contributed by atoms with Gasteiger partial charge in [-0.1, -0.05) is 44.6 Å². The van der Waals surface area contributed by atoms with Crippen molar-refractivity contribution in [3.8, 4) is 0 Å². The summed E-state index contributed by atoms with van der Waals surface area (Å²) in [5, 5.41) is 0. The molecule has 0 bridgehead atoms. The quantitative estimate of drug-likeness (QED) is 0.391. The molecule has 0 aliphatic rings. The van der Waals surface area contributed by atoms with Gasteiger partial charge in [0, 0.05) is 5.41 Å². The number of hydrogen-bond acceptors (Lipinski definition) is 1. The summed E-state index contributed by atoms with van der Waals surface area (Å²) in [6.45, 7) is 21.5. The second kappa shape index (κ2) is 7.61. The maximum atomic E-state index is 4.51. The first-order valence-electron chi connectivity index (χ1n) is 7.73. The van der Waals surface area contributed by atoms with Gasteiger partial charge in [-0.25, -0.2) is 0 Å². The Morgan fingerprint density at radius 1 is 1.10 bits per heavy atom. The highest BCUT2D eigenvalue weighted by Crippen LogP contribution is 2.48. The van der Waals surface area contributed by atoms with Gasteiger partial charge in [0.05, 0.1) is 5.54 Å². The van der Waals surface area contributed by atoms with Gasteiger partial charge in [0.2, 0.25) is 0 Å². The molecular formula is C19H33N. The van der Waals surface area contributed by atoms with Crippen molar-refractivity contribution in [2.75, 3.05) is 0 Å². The number of aliphatic imine (C=N–C) groups is 1. The molecule has 0 rings (SSSR count). The van der Waals surface area contributed by atoms with E-state index in [2.05, 4.69) is 85.3 Å². The van der Waals surface area contributed by atoms with Crippen molar-refractivity contribution < 1.29 is 0 Å². The molecule has 0 aliphatic carbocycles. The topological polar surface area (TPSA) is 12.4 Å². The molecule has 0 aromatic heterocycles. The Bertz CT molecular complexity index is 425. The highest BCUT2D eigenvalue weighted by molar-refractivity contribution is 5.44. The van der Waals surface area contributed by atoms with Gasteiger partial charge in [0.1, 0.15) is 0 Å². The summed E-state index contributed by atoms with van der Waals surface area (Å²) in [6, 6.07) is 0. The van der Waals surface area contributed by atoms with E-state index in [0.29, 0.717) is 0 Å². The Hall–Kier alpha value is -1.11. The highest BCUT2D eigenvalue weighted by atomic mass is 14.9. The van der Waals surface area contributed by atoms with Gasteiger partial charge in [0.15, 0.2) is 0 Å². The number of allylic oxidation sites excluding steroid dienone is 5. The average Bonchev–Trinajstić information content (AvgIpc) is 2.49. The molecule has 0 aliphatic heterocycles.